The molecule has 0 bridgehead atoms. The van der Waals surface area contributed by atoms with Crippen molar-refractivity contribution >= 4 is 5.97 Å². The highest BCUT2D eigenvalue weighted by molar-refractivity contribution is 5.89. The first-order valence-corrected chi connectivity index (χ1v) is 7.98. The molecule has 0 unspecified atom stereocenters. The Kier molecular flexibility index (Phi) is 3.82. The minimum atomic E-state index is -1.34. The van der Waals surface area contributed by atoms with Gasteiger partial charge in [-0.1, -0.05) is 24.3 Å². The first-order valence-electron chi connectivity index (χ1n) is 7.98. The SMILES string of the molecule is N#CC1=C(N)Oc2n[nH]c(-c3ccncc3)c2[C@@H]1c1ccccc1C(=O)[O-]. The van der Waals surface area contributed by atoms with Crippen LogP contribution in [0.4, 0.5) is 0 Å². The van der Waals surface area contributed by atoms with E-state index < -0.39 is 11.9 Å². The third-order valence-corrected chi connectivity index (χ3v) is 4.40. The topological polar surface area (TPSA) is 141 Å². The van der Waals surface area contributed by atoms with Gasteiger partial charge in [0.25, 0.3) is 0 Å². The zero-order chi connectivity index (χ0) is 19.0. The summed E-state index contributed by atoms with van der Waals surface area (Å²) in [7, 11) is 0. The van der Waals surface area contributed by atoms with Crippen molar-refractivity contribution in [2.24, 2.45) is 5.73 Å². The van der Waals surface area contributed by atoms with Gasteiger partial charge in [0.05, 0.1) is 23.1 Å². The number of carbonyl (C=O) groups is 1. The molecule has 8 nitrogen and oxygen atoms in total. The van der Waals surface area contributed by atoms with E-state index in [-0.39, 0.29) is 22.9 Å². The summed E-state index contributed by atoms with van der Waals surface area (Å²) in [4.78, 5) is 15.6. The van der Waals surface area contributed by atoms with Crippen LogP contribution in [0.25, 0.3) is 11.3 Å². The Bertz CT molecular complexity index is 1110. The lowest BCUT2D eigenvalue weighted by atomic mass is 9.81. The zero-order valence-corrected chi connectivity index (χ0v) is 13.8. The molecule has 0 aliphatic carbocycles. The number of ether oxygens (including phenoxy) is 1. The third-order valence-electron chi connectivity index (χ3n) is 4.40. The Labute approximate surface area is 153 Å². The molecule has 0 fully saturated rings. The van der Waals surface area contributed by atoms with Gasteiger partial charge in [-0.25, -0.2) is 0 Å². The number of rotatable bonds is 3. The van der Waals surface area contributed by atoms with Gasteiger partial charge < -0.3 is 20.4 Å². The molecule has 1 aliphatic heterocycles. The van der Waals surface area contributed by atoms with E-state index >= 15 is 0 Å². The summed E-state index contributed by atoms with van der Waals surface area (Å²) in [6.45, 7) is 0. The molecule has 0 amide bonds. The molecular formula is C19H12N5O3-. The van der Waals surface area contributed by atoms with E-state index in [2.05, 4.69) is 15.2 Å². The number of nitriles is 1. The number of carbonyl (C=O) groups excluding carboxylic acids is 1. The molecule has 0 saturated carbocycles. The molecule has 1 aliphatic rings. The second-order valence-electron chi connectivity index (χ2n) is 5.85. The van der Waals surface area contributed by atoms with Crippen molar-refractivity contribution in [3.8, 4) is 23.2 Å². The van der Waals surface area contributed by atoms with Gasteiger partial charge in [0, 0.05) is 23.5 Å². The van der Waals surface area contributed by atoms with Crippen molar-refractivity contribution in [3.05, 3.63) is 76.9 Å². The number of hydrogen-bond acceptors (Lipinski definition) is 7. The van der Waals surface area contributed by atoms with Crippen molar-refractivity contribution in [2.45, 2.75) is 5.92 Å². The van der Waals surface area contributed by atoms with E-state index in [0.717, 1.165) is 5.56 Å². The average molecular weight is 358 g/mol. The van der Waals surface area contributed by atoms with Crippen LogP contribution in [-0.2, 0) is 0 Å². The van der Waals surface area contributed by atoms with E-state index in [1.165, 1.54) is 6.07 Å². The van der Waals surface area contributed by atoms with Crippen LogP contribution in [-0.4, -0.2) is 21.2 Å². The predicted molar refractivity (Wildman–Crippen MR) is 91.9 cm³/mol. The molecule has 2 aromatic heterocycles. The van der Waals surface area contributed by atoms with Crippen LogP contribution in [0.1, 0.15) is 27.4 Å². The van der Waals surface area contributed by atoms with Crippen molar-refractivity contribution in [1.82, 2.24) is 15.2 Å². The maximum Gasteiger partial charge on any atom is 0.244 e. The number of nitrogens with one attached hydrogen (secondary N) is 1. The summed E-state index contributed by atoms with van der Waals surface area (Å²) >= 11 is 0. The average Bonchev–Trinajstić information content (AvgIpc) is 3.10. The van der Waals surface area contributed by atoms with Crippen molar-refractivity contribution in [2.75, 3.05) is 0 Å². The molecule has 0 spiro atoms. The van der Waals surface area contributed by atoms with Crippen LogP contribution >= 0.6 is 0 Å². The maximum absolute atomic E-state index is 11.6. The summed E-state index contributed by atoms with van der Waals surface area (Å²) in [5.41, 5.74) is 8.24. The number of aromatic nitrogens is 3. The Morgan fingerprint density at radius 1 is 1.26 bits per heavy atom. The number of carboxylic acids is 1. The van der Waals surface area contributed by atoms with E-state index in [9.17, 15) is 15.2 Å². The second-order valence-corrected chi connectivity index (χ2v) is 5.85. The molecule has 3 aromatic rings. The molecule has 27 heavy (non-hydrogen) atoms. The fraction of sp³-hybridized carbons (Fsp3) is 0.0526. The second kappa shape index (κ2) is 6.31. The summed E-state index contributed by atoms with van der Waals surface area (Å²) in [5, 5.41) is 28.4. The molecule has 8 heteroatoms. The highest BCUT2D eigenvalue weighted by Gasteiger charge is 2.36. The van der Waals surface area contributed by atoms with Crippen LogP contribution in [0.15, 0.2) is 60.2 Å². The van der Waals surface area contributed by atoms with Gasteiger partial charge >= 0.3 is 0 Å². The Hall–Kier alpha value is -4.12. The predicted octanol–water partition coefficient (Wildman–Crippen LogP) is 1.05. The first-order chi connectivity index (χ1) is 13.1. The van der Waals surface area contributed by atoms with Crippen LogP contribution in [0.5, 0.6) is 5.88 Å². The molecule has 3 N–H and O–H groups in total. The van der Waals surface area contributed by atoms with Crippen molar-refractivity contribution < 1.29 is 14.6 Å². The number of nitrogens with zero attached hydrogens (tertiary/aromatic N) is 3. The van der Waals surface area contributed by atoms with E-state index in [4.69, 9.17) is 10.5 Å². The number of aromatic carboxylic acids is 1. The smallest absolute Gasteiger partial charge is 0.244 e. The molecule has 1 atom stereocenters. The van der Waals surface area contributed by atoms with Crippen molar-refractivity contribution in [3.63, 3.8) is 0 Å². The summed E-state index contributed by atoms with van der Waals surface area (Å²) in [5.74, 6) is -2.04. The molecule has 0 saturated heterocycles. The highest BCUT2D eigenvalue weighted by atomic mass is 16.5. The minimum absolute atomic E-state index is 0.0298. The number of fused-ring (bicyclic) bond motifs is 1. The third kappa shape index (κ3) is 2.58. The van der Waals surface area contributed by atoms with Gasteiger partial charge in [-0.3, -0.25) is 10.1 Å². The first kappa shape index (κ1) is 16.4. The van der Waals surface area contributed by atoms with Crippen molar-refractivity contribution in [1.29, 1.82) is 5.26 Å². The lowest BCUT2D eigenvalue weighted by Gasteiger charge is -2.26. The maximum atomic E-state index is 11.6. The Morgan fingerprint density at radius 2 is 2.00 bits per heavy atom. The zero-order valence-electron chi connectivity index (χ0n) is 13.8. The molecule has 4 rings (SSSR count). The minimum Gasteiger partial charge on any atom is -0.545 e. The number of nitrogens with two attached hydrogens (primary N) is 1. The lowest BCUT2D eigenvalue weighted by Crippen LogP contribution is -2.27. The number of H-pyrrole nitrogens is 1. The standard InChI is InChI=1S/C19H13N5O3/c20-9-13-14(11-3-1-2-4-12(11)19(25)26)15-16(10-5-7-22-8-6-10)23-24-18(15)27-17(13)21/h1-8,14H,21H2,(H,23,24)(H,25,26)/p-1/t14-/m1/s1. The number of benzene rings is 1. The number of allylic oxidation sites excluding steroid dienone is 1. The largest absolute Gasteiger partial charge is 0.545 e. The molecule has 1 aromatic carbocycles. The van der Waals surface area contributed by atoms with Crippen LogP contribution in [0.2, 0.25) is 0 Å². The number of hydrogen-bond donors (Lipinski definition) is 2. The van der Waals surface area contributed by atoms with Crippen LogP contribution in [0.3, 0.4) is 0 Å². The molecule has 0 radical (unpaired) electrons. The van der Waals surface area contributed by atoms with Gasteiger partial charge in [0.1, 0.15) is 11.6 Å². The van der Waals surface area contributed by atoms with E-state index in [1.54, 1.807) is 42.7 Å². The molecular weight excluding hydrogens is 346 g/mol. The number of carboxylic acid groups (broad SMARTS) is 1. The monoisotopic (exact) mass is 358 g/mol. The van der Waals surface area contributed by atoms with Gasteiger partial charge in [0.15, 0.2) is 0 Å². The van der Waals surface area contributed by atoms with E-state index in [0.29, 0.717) is 16.8 Å². The van der Waals surface area contributed by atoms with Gasteiger partial charge in [0.2, 0.25) is 11.8 Å². The van der Waals surface area contributed by atoms with Crippen LogP contribution < -0.4 is 15.6 Å². The lowest BCUT2D eigenvalue weighted by molar-refractivity contribution is -0.255. The fourth-order valence-corrected chi connectivity index (χ4v) is 3.23. The van der Waals surface area contributed by atoms with Crippen LogP contribution in [0, 0.1) is 11.3 Å². The van der Waals surface area contributed by atoms with Gasteiger partial charge in [-0.15, -0.1) is 5.10 Å². The normalized spacial score (nSPS) is 15.6. The Morgan fingerprint density at radius 3 is 2.70 bits per heavy atom. The number of aromatic amines is 1. The van der Waals surface area contributed by atoms with Gasteiger partial charge in [-0.2, -0.15) is 5.26 Å². The fourth-order valence-electron chi connectivity index (χ4n) is 3.23. The summed E-state index contributed by atoms with van der Waals surface area (Å²) < 4.78 is 5.50. The van der Waals surface area contributed by atoms with E-state index in [1.807, 2.05) is 6.07 Å². The highest BCUT2D eigenvalue weighted by Crippen LogP contribution is 2.46. The Balaban J connectivity index is 2.01. The van der Waals surface area contributed by atoms with Gasteiger partial charge in [-0.05, 0) is 17.7 Å². The molecule has 3 heterocycles. The number of pyridine rings is 1. The summed E-state index contributed by atoms with van der Waals surface area (Å²) in [6, 6.07) is 11.9. The molecule has 132 valence electrons. The quantitative estimate of drug-likeness (QED) is 0.713. The summed E-state index contributed by atoms with van der Waals surface area (Å²) in [6.07, 6.45) is 3.23.